The van der Waals surface area contributed by atoms with E-state index in [1.165, 1.54) is 30.7 Å². The Morgan fingerprint density at radius 2 is 2.36 bits per heavy atom. The molecule has 1 saturated heterocycles. The van der Waals surface area contributed by atoms with Gasteiger partial charge in [-0.15, -0.1) is 0 Å². The molecule has 1 aliphatic rings. The van der Waals surface area contributed by atoms with Crippen molar-refractivity contribution < 1.29 is 0 Å². The molecule has 0 atom stereocenters. The molecule has 2 rings (SSSR count). The van der Waals surface area contributed by atoms with Crippen molar-refractivity contribution in [3.8, 4) is 0 Å². The summed E-state index contributed by atoms with van der Waals surface area (Å²) in [6.45, 7) is 2.22. The Labute approximate surface area is 97.4 Å². The molecule has 0 unspecified atom stereocenters. The lowest BCUT2D eigenvalue weighted by Crippen LogP contribution is -2.21. The second kappa shape index (κ2) is 5.14. The maximum atomic E-state index is 4.17. The third-order valence-corrected chi connectivity index (χ3v) is 3.78. The second-order valence-electron chi connectivity index (χ2n) is 3.42. The standard InChI is InChI=1S/C10H13BrN2S/c11-10-5-9(6-12-7-10)8-13-3-1-2-4-14-13/h5-7H,1-4,8H2. The average Bonchev–Trinajstić information content (AvgIpc) is 2.19. The SMILES string of the molecule is Brc1cncc(CN2CCCCS2)c1. The molecule has 0 amide bonds. The van der Waals surface area contributed by atoms with Gasteiger partial charge in [-0.2, -0.15) is 0 Å². The number of aromatic nitrogens is 1. The maximum absolute atomic E-state index is 4.17. The summed E-state index contributed by atoms with van der Waals surface area (Å²) in [6, 6.07) is 2.14. The Bertz CT molecular complexity index is 300. The zero-order valence-corrected chi connectivity index (χ0v) is 10.4. The smallest absolute Gasteiger partial charge is 0.0410 e. The van der Waals surface area contributed by atoms with Crippen LogP contribution in [0.1, 0.15) is 18.4 Å². The summed E-state index contributed by atoms with van der Waals surface area (Å²) in [4.78, 5) is 4.17. The largest absolute Gasteiger partial charge is 0.263 e. The highest BCUT2D eigenvalue weighted by molar-refractivity contribution is 9.10. The monoisotopic (exact) mass is 272 g/mol. The molecule has 0 saturated carbocycles. The third-order valence-electron chi connectivity index (χ3n) is 2.20. The fourth-order valence-electron chi connectivity index (χ4n) is 1.52. The molecule has 2 nitrogen and oxygen atoms in total. The molecule has 1 aromatic rings. The minimum Gasteiger partial charge on any atom is -0.263 e. The Balaban J connectivity index is 1.95. The lowest BCUT2D eigenvalue weighted by molar-refractivity contribution is 0.436. The van der Waals surface area contributed by atoms with Crippen LogP contribution in [0.15, 0.2) is 22.9 Å². The van der Waals surface area contributed by atoms with Crippen molar-refractivity contribution in [3.63, 3.8) is 0 Å². The van der Waals surface area contributed by atoms with E-state index in [2.05, 4.69) is 31.3 Å². The van der Waals surface area contributed by atoms with Gasteiger partial charge < -0.3 is 0 Å². The highest BCUT2D eigenvalue weighted by Crippen LogP contribution is 2.22. The van der Waals surface area contributed by atoms with Crippen molar-refractivity contribution in [2.24, 2.45) is 0 Å². The van der Waals surface area contributed by atoms with Gasteiger partial charge in [0.05, 0.1) is 0 Å². The number of hydrogen-bond donors (Lipinski definition) is 0. The summed E-state index contributed by atoms with van der Waals surface area (Å²) < 4.78 is 3.49. The van der Waals surface area contributed by atoms with Crippen LogP contribution in [0, 0.1) is 0 Å². The van der Waals surface area contributed by atoms with E-state index < -0.39 is 0 Å². The molecular weight excluding hydrogens is 260 g/mol. The molecule has 0 radical (unpaired) electrons. The summed E-state index contributed by atoms with van der Waals surface area (Å²) in [5.74, 6) is 1.27. The summed E-state index contributed by atoms with van der Waals surface area (Å²) >= 11 is 5.39. The van der Waals surface area contributed by atoms with Gasteiger partial charge in [-0.3, -0.25) is 4.98 Å². The van der Waals surface area contributed by atoms with Crippen LogP contribution >= 0.6 is 27.9 Å². The van der Waals surface area contributed by atoms with E-state index in [-0.39, 0.29) is 0 Å². The predicted molar refractivity (Wildman–Crippen MR) is 64.0 cm³/mol. The number of rotatable bonds is 2. The van der Waals surface area contributed by atoms with Crippen LogP contribution in [-0.4, -0.2) is 21.6 Å². The van der Waals surface area contributed by atoms with Crippen molar-refractivity contribution >= 4 is 27.9 Å². The fraction of sp³-hybridized carbons (Fsp3) is 0.500. The van der Waals surface area contributed by atoms with E-state index in [0.717, 1.165) is 11.0 Å². The molecule has 0 N–H and O–H groups in total. The van der Waals surface area contributed by atoms with Gasteiger partial charge in [0.2, 0.25) is 0 Å². The molecular formula is C10H13BrN2S. The molecule has 2 heterocycles. The first-order valence-corrected chi connectivity index (χ1v) is 6.55. The zero-order valence-electron chi connectivity index (χ0n) is 7.95. The van der Waals surface area contributed by atoms with Gasteiger partial charge in [-0.25, -0.2) is 4.31 Å². The van der Waals surface area contributed by atoms with Crippen LogP contribution in [0.3, 0.4) is 0 Å². The van der Waals surface area contributed by atoms with Crippen molar-refractivity contribution in [2.75, 3.05) is 12.3 Å². The first-order valence-electron chi connectivity index (χ1n) is 4.82. The van der Waals surface area contributed by atoms with E-state index in [0.29, 0.717) is 0 Å². The Hall–Kier alpha value is -0.0600. The first-order chi connectivity index (χ1) is 6.84. The van der Waals surface area contributed by atoms with Crippen molar-refractivity contribution in [1.82, 2.24) is 9.29 Å². The minimum absolute atomic E-state index is 1.01. The van der Waals surface area contributed by atoms with Gasteiger partial charge in [0.1, 0.15) is 0 Å². The number of pyridine rings is 1. The van der Waals surface area contributed by atoms with Gasteiger partial charge in [0.25, 0.3) is 0 Å². The summed E-state index contributed by atoms with van der Waals surface area (Å²) in [7, 11) is 0. The van der Waals surface area contributed by atoms with E-state index in [1.54, 1.807) is 0 Å². The van der Waals surface area contributed by atoms with E-state index in [9.17, 15) is 0 Å². The van der Waals surface area contributed by atoms with Gasteiger partial charge >= 0.3 is 0 Å². The normalized spacial score (nSPS) is 18.4. The first kappa shape index (κ1) is 10.5. The number of halogens is 1. The molecule has 0 spiro atoms. The highest BCUT2D eigenvalue weighted by Gasteiger charge is 2.11. The van der Waals surface area contributed by atoms with Crippen LogP contribution in [0.2, 0.25) is 0 Å². The topological polar surface area (TPSA) is 16.1 Å². The molecule has 1 aromatic heterocycles. The number of nitrogens with zero attached hydrogens (tertiary/aromatic N) is 2. The average molecular weight is 273 g/mol. The molecule has 14 heavy (non-hydrogen) atoms. The van der Waals surface area contributed by atoms with E-state index >= 15 is 0 Å². The molecule has 4 heteroatoms. The Morgan fingerprint density at radius 1 is 1.43 bits per heavy atom. The molecule has 0 aromatic carbocycles. The summed E-state index contributed by atoms with van der Waals surface area (Å²) in [5, 5.41) is 0. The van der Waals surface area contributed by atoms with Gasteiger partial charge in [-0.1, -0.05) is 11.9 Å². The Kier molecular flexibility index (Phi) is 3.84. The molecule has 76 valence electrons. The van der Waals surface area contributed by atoms with Crippen LogP contribution in [0.5, 0.6) is 0 Å². The summed E-state index contributed by atoms with van der Waals surface area (Å²) in [5.41, 5.74) is 1.29. The molecule has 1 fully saturated rings. The molecule has 0 bridgehead atoms. The Morgan fingerprint density at radius 3 is 3.07 bits per heavy atom. The number of hydrogen-bond acceptors (Lipinski definition) is 3. The van der Waals surface area contributed by atoms with E-state index in [1.807, 2.05) is 24.3 Å². The fourth-order valence-corrected chi connectivity index (χ4v) is 3.02. The van der Waals surface area contributed by atoms with Crippen molar-refractivity contribution in [3.05, 3.63) is 28.5 Å². The molecule has 1 aliphatic heterocycles. The van der Waals surface area contributed by atoms with Crippen LogP contribution < -0.4 is 0 Å². The van der Waals surface area contributed by atoms with Gasteiger partial charge in [0.15, 0.2) is 0 Å². The highest BCUT2D eigenvalue weighted by atomic mass is 79.9. The summed E-state index contributed by atoms with van der Waals surface area (Å²) in [6.07, 6.45) is 6.46. The quantitative estimate of drug-likeness (QED) is 0.770. The second-order valence-corrected chi connectivity index (χ2v) is 5.51. The van der Waals surface area contributed by atoms with Crippen molar-refractivity contribution in [2.45, 2.75) is 19.4 Å². The van der Waals surface area contributed by atoms with Crippen LogP contribution in [0.4, 0.5) is 0 Å². The van der Waals surface area contributed by atoms with E-state index in [4.69, 9.17) is 0 Å². The lowest BCUT2D eigenvalue weighted by atomic mass is 10.2. The van der Waals surface area contributed by atoms with Crippen molar-refractivity contribution in [1.29, 1.82) is 0 Å². The molecule has 0 aliphatic carbocycles. The maximum Gasteiger partial charge on any atom is 0.0410 e. The van der Waals surface area contributed by atoms with Crippen LogP contribution in [-0.2, 0) is 6.54 Å². The third kappa shape index (κ3) is 2.97. The predicted octanol–water partition coefficient (Wildman–Crippen LogP) is 3.09. The van der Waals surface area contributed by atoms with Gasteiger partial charge in [0, 0.05) is 35.7 Å². The van der Waals surface area contributed by atoms with Crippen LogP contribution in [0.25, 0.3) is 0 Å². The van der Waals surface area contributed by atoms with Gasteiger partial charge in [-0.05, 0) is 40.4 Å². The lowest BCUT2D eigenvalue weighted by Gasteiger charge is -2.24. The minimum atomic E-state index is 1.01. The zero-order chi connectivity index (χ0) is 9.80.